The van der Waals surface area contributed by atoms with Gasteiger partial charge in [0.15, 0.2) is 0 Å². The van der Waals surface area contributed by atoms with Gasteiger partial charge in [0, 0.05) is 35.0 Å². The first-order valence-corrected chi connectivity index (χ1v) is 5.98. The van der Waals surface area contributed by atoms with E-state index in [1.165, 1.54) is 11.3 Å². The Balaban J connectivity index is 2.17. The molecule has 76 valence electrons. The van der Waals surface area contributed by atoms with E-state index in [-0.39, 0.29) is 0 Å². The minimum atomic E-state index is 0.614. The summed E-state index contributed by atoms with van der Waals surface area (Å²) in [4.78, 5) is 4.12. The van der Waals surface area contributed by atoms with Gasteiger partial charge in [-0.05, 0) is 18.2 Å². The summed E-state index contributed by atoms with van der Waals surface area (Å²) in [5.41, 5.74) is 9.52. The van der Waals surface area contributed by atoms with Gasteiger partial charge in [-0.2, -0.15) is 0 Å². The number of fused-ring (bicyclic) bond motifs is 1. The zero-order chi connectivity index (χ0) is 10.3. The summed E-state index contributed by atoms with van der Waals surface area (Å²) in [5.74, 6) is 2.73. The van der Waals surface area contributed by atoms with Crippen LogP contribution in [-0.4, -0.2) is 9.55 Å². The van der Waals surface area contributed by atoms with Gasteiger partial charge < -0.3 is 10.3 Å². The predicted molar refractivity (Wildman–Crippen MR) is 63.4 cm³/mol. The maximum atomic E-state index is 5.88. The molecule has 0 atom stereocenters. The first-order valence-electron chi connectivity index (χ1n) is 4.83. The van der Waals surface area contributed by atoms with E-state index in [0.29, 0.717) is 5.82 Å². The summed E-state index contributed by atoms with van der Waals surface area (Å²) < 4.78 is 2.27. The van der Waals surface area contributed by atoms with Crippen molar-refractivity contribution >= 4 is 17.6 Å². The van der Waals surface area contributed by atoms with Gasteiger partial charge in [-0.3, -0.25) is 0 Å². The molecule has 0 spiro atoms. The van der Waals surface area contributed by atoms with Crippen LogP contribution < -0.4 is 5.73 Å². The number of pyridine rings is 1. The molecule has 0 bridgehead atoms. The summed E-state index contributed by atoms with van der Waals surface area (Å²) in [7, 11) is 0. The highest BCUT2D eigenvalue weighted by Gasteiger charge is 2.17. The van der Waals surface area contributed by atoms with Crippen LogP contribution in [0.25, 0.3) is 11.1 Å². The highest BCUT2D eigenvalue weighted by Crippen LogP contribution is 2.35. The third kappa shape index (κ3) is 1.33. The van der Waals surface area contributed by atoms with E-state index in [0.717, 1.165) is 17.2 Å². The van der Waals surface area contributed by atoms with Gasteiger partial charge in [0.1, 0.15) is 5.82 Å². The second-order valence-electron chi connectivity index (χ2n) is 3.56. The Kier molecular flexibility index (Phi) is 1.95. The minimum absolute atomic E-state index is 0.614. The summed E-state index contributed by atoms with van der Waals surface area (Å²) >= 11 is 1.93. The molecule has 0 aromatic carbocycles. The minimum Gasteiger partial charge on any atom is -0.383 e. The van der Waals surface area contributed by atoms with Crippen molar-refractivity contribution in [3.63, 3.8) is 0 Å². The van der Waals surface area contributed by atoms with E-state index in [9.17, 15) is 0 Å². The molecule has 4 heteroatoms. The van der Waals surface area contributed by atoms with Crippen LogP contribution in [0.4, 0.5) is 5.82 Å². The number of thioether (sulfide) groups is 1. The van der Waals surface area contributed by atoms with Crippen LogP contribution >= 0.6 is 11.8 Å². The number of nitrogen functional groups attached to an aromatic ring is 1. The fourth-order valence-corrected chi connectivity index (χ4v) is 2.96. The Bertz CT molecular complexity index is 504. The fraction of sp³-hybridized carbons (Fsp3) is 0.182. The third-order valence-corrected chi connectivity index (χ3v) is 3.61. The lowest BCUT2D eigenvalue weighted by Crippen LogP contribution is -1.94. The average molecular weight is 217 g/mol. The Morgan fingerprint density at radius 2 is 2.27 bits per heavy atom. The van der Waals surface area contributed by atoms with Crippen LogP contribution in [0.1, 0.15) is 5.69 Å². The molecule has 15 heavy (non-hydrogen) atoms. The van der Waals surface area contributed by atoms with Crippen molar-refractivity contribution in [2.75, 3.05) is 5.73 Å². The van der Waals surface area contributed by atoms with Crippen molar-refractivity contribution in [3.05, 3.63) is 36.3 Å². The van der Waals surface area contributed by atoms with Crippen molar-refractivity contribution in [3.8, 4) is 11.1 Å². The molecule has 2 aromatic heterocycles. The number of anilines is 1. The molecule has 2 aromatic rings. The molecule has 2 N–H and O–H groups in total. The largest absolute Gasteiger partial charge is 0.383 e. The number of hydrogen-bond acceptors (Lipinski definition) is 3. The SMILES string of the molecule is Nc1ncccc1-c1ccn2c1CSC2. The quantitative estimate of drug-likeness (QED) is 0.797. The lowest BCUT2D eigenvalue weighted by Gasteiger charge is -2.04. The van der Waals surface area contributed by atoms with Crippen molar-refractivity contribution < 1.29 is 0 Å². The number of nitrogens with two attached hydrogens (primary N) is 1. The molecule has 0 radical (unpaired) electrons. The lowest BCUT2D eigenvalue weighted by atomic mass is 10.1. The molecule has 1 aliphatic rings. The Morgan fingerprint density at radius 3 is 3.13 bits per heavy atom. The molecule has 3 rings (SSSR count). The van der Waals surface area contributed by atoms with Crippen LogP contribution in [0, 0.1) is 0 Å². The van der Waals surface area contributed by atoms with E-state index < -0.39 is 0 Å². The maximum absolute atomic E-state index is 5.88. The topological polar surface area (TPSA) is 43.8 Å². The second-order valence-corrected chi connectivity index (χ2v) is 4.51. The standard InChI is InChI=1S/C11H11N3S/c12-11-9(2-1-4-13-11)8-3-5-14-7-15-6-10(8)14/h1-5H,6-7H2,(H2,12,13). The molecule has 3 nitrogen and oxygen atoms in total. The van der Waals surface area contributed by atoms with Crippen molar-refractivity contribution in [2.45, 2.75) is 11.6 Å². The average Bonchev–Trinajstić information content (AvgIpc) is 2.80. The van der Waals surface area contributed by atoms with Gasteiger partial charge in [-0.15, -0.1) is 11.8 Å². The van der Waals surface area contributed by atoms with Gasteiger partial charge in [-0.1, -0.05) is 0 Å². The molecule has 3 heterocycles. The van der Waals surface area contributed by atoms with Crippen LogP contribution in [0.5, 0.6) is 0 Å². The van der Waals surface area contributed by atoms with Crippen LogP contribution in [0.15, 0.2) is 30.6 Å². The van der Waals surface area contributed by atoms with Gasteiger partial charge >= 0.3 is 0 Å². The van der Waals surface area contributed by atoms with Crippen LogP contribution in [-0.2, 0) is 11.6 Å². The first-order chi connectivity index (χ1) is 7.36. The molecule has 0 amide bonds. The van der Waals surface area contributed by atoms with Gasteiger partial charge in [-0.25, -0.2) is 4.98 Å². The molecule has 0 saturated heterocycles. The molecule has 0 saturated carbocycles. The highest BCUT2D eigenvalue weighted by atomic mass is 32.2. The lowest BCUT2D eigenvalue weighted by molar-refractivity contribution is 0.889. The van der Waals surface area contributed by atoms with Crippen molar-refractivity contribution in [2.24, 2.45) is 0 Å². The highest BCUT2D eigenvalue weighted by molar-refractivity contribution is 7.97. The molecule has 0 unspecified atom stereocenters. The molecule has 1 aliphatic heterocycles. The van der Waals surface area contributed by atoms with Crippen molar-refractivity contribution in [1.82, 2.24) is 9.55 Å². The van der Waals surface area contributed by atoms with Gasteiger partial charge in [0.2, 0.25) is 0 Å². The monoisotopic (exact) mass is 217 g/mol. The van der Waals surface area contributed by atoms with Crippen LogP contribution in [0.3, 0.4) is 0 Å². The number of aromatic nitrogens is 2. The fourth-order valence-electron chi connectivity index (χ4n) is 1.92. The Hall–Kier alpha value is -1.42. The zero-order valence-electron chi connectivity index (χ0n) is 8.18. The summed E-state index contributed by atoms with van der Waals surface area (Å²) in [5, 5.41) is 0. The third-order valence-electron chi connectivity index (χ3n) is 2.68. The van der Waals surface area contributed by atoms with E-state index in [2.05, 4.69) is 21.8 Å². The zero-order valence-corrected chi connectivity index (χ0v) is 9.00. The summed E-state index contributed by atoms with van der Waals surface area (Å²) in [6, 6.07) is 6.09. The maximum Gasteiger partial charge on any atom is 0.131 e. The normalized spacial score (nSPS) is 14.1. The predicted octanol–water partition coefficient (Wildman–Crippen LogP) is 2.34. The Morgan fingerprint density at radius 1 is 1.33 bits per heavy atom. The molecular formula is C11H11N3S. The van der Waals surface area contributed by atoms with E-state index in [4.69, 9.17) is 5.73 Å². The molecule has 0 aliphatic carbocycles. The van der Waals surface area contributed by atoms with E-state index >= 15 is 0 Å². The molecular weight excluding hydrogens is 206 g/mol. The van der Waals surface area contributed by atoms with E-state index in [1.54, 1.807) is 6.20 Å². The second kappa shape index (κ2) is 3.31. The van der Waals surface area contributed by atoms with E-state index in [1.807, 2.05) is 23.9 Å². The van der Waals surface area contributed by atoms with Crippen molar-refractivity contribution in [1.29, 1.82) is 0 Å². The van der Waals surface area contributed by atoms with Gasteiger partial charge in [0.05, 0.1) is 5.88 Å². The Labute approximate surface area is 92.3 Å². The van der Waals surface area contributed by atoms with Gasteiger partial charge in [0.25, 0.3) is 0 Å². The number of hydrogen-bond donors (Lipinski definition) is 1. The smallest absolute Gasteiger partial charge is 0.131 e. The molecule has 0 fully saturated rings. The number of rotatable bonds is 1. The summed E-state index contributed by atoms with van der Waals surface area (Å²) in [6.45, 7) is 0. The number of nitrogens with zero attached hydrogens (tertiary/aromatic N) is 2. The van der Waals surface area contributed by atoms with Crippen LogP contribution in [0.2, 0.25) is 0 Å². The first kappa shape index (κ1) is 8.85. The summed E-state index contributed by atoms with van der Waals surface area (Å²) in [6.07, 6.45) is 3.85.